The summed E-state index contributed by atoms with van der Waals surface area (Å²) < 4.78 is 0. The topological polar surface area (TPSA) is 0 Å². The summed E-state index contributed by atoms with van der Waals surface area (Å²) in [6, 6.07) is 0. The highest BCUT2D eigenvalue weighted by Crippen LogP contribution is 1.94. The minimum atomic E-state index is -0.421. The minimum absolute atomic E-state index is 0.421. The zero-order valence-corrected chi connectivity index (χ0v) is 16.0. The molecule has 0 nitrogen and oxygen atoms in total. The molecule has 0 atom stereocenters. The second-order valence-corrected chi connectivity index (χ2v) is 53.4. The molecule has 56 valence electrons. The van der Waals surface area contributed by atoms with Crippen LogP contribution in [0.2, 0.25) is 19.6 Å². The van der Waals surface area contributed by atoms with E-state index in [1.807, 2.05) is 0 Å². The van der Waals surface area contributed by atoms with E-state index in [9.17, 15) is 0 Å². The third kappa shape index (κ3) is 9.30. The van der Waals surface area contributed by atoms with Gasteiger partial charge < -0.3 is 0 Å². The number of rotatable bonds is 4. The van der Waals surface area contributed by atoms with Crippen LogP contribution >= 0.6 is 0 Å². The average Bonchev–Trinajstić information content (AvgIpc) is 1.63. The van der Waals surface area contributed by atoms with Crippen LogP contribution in [0.4, 0.5) is 0 Å². The first-order valence-electron chi connectivity index (χ1n) is 4.06. The summed E-state index contributed by atoms with van der Waals surface area (Å²) in [4.78, 5) is 0. The molecular weight excluding hydrogens is 205 g/mol. The van der Waals surface area contributed by atoms with Gasteiger partial charge in [-0.1, -0.05) is 19.6 Å². The molecule has 0 aliphatic heterocycles. The van der Waals surface area contributed by atoms with E-state index in [4.69, 9.17) is 0 Å². The van der Waals surface area contributed by atoms with E-state index in [2.05, 4.69) is 19.6 Å². The summed E-state index contributed by atoms with van der Waals surface area (Å²) in [7, 11) is 4.14. The van der Waals surface area contributed by atoms with Crippen LogP contribution in [-0.4, -0.2) is 51.6 Å². The lowest BCUT2D eigenvalue weighted by Crippen LogP contribution is -2.38. The molecule has 0 aromatic carbocycles. The van der Waals surface area contributed by atoms with Crippen molar-refractivity contribution in [1.29, 1.82) is 0 Å². The Balaban J connectivity index is 3.07. The van der Waals surface area contributed by atoms with E-state index >= 15 is 0 Å². The Morgan fingerprint density at radius 3 is 2.00 bits per heavy atom. The summed E-state index contributed by atoms with van der Waals surface area (Å²) in [5.74, 6) is 0. The lowest BCUT2D eigenvalue weighted by molar-refractivity contribution is 1.86. The highest BCUT2D eigenvalue weighted by atomic mass is 29.9. The smallest absolute Gasteiger partial charge is 0.0276 e. The van der Waals surface area contributed by atoms with Crippen molar-refractivity contribution in [3.63, 3.8) is 0 Å². The molecule has 0 saturated heterocycles. The van der Waals surface area contributed by atoms with E-state index in [0.717, 1.165) is 25.7 Å². The van der Waals surface area contributed by atoms with E-state index in [-0.39, 0.29) is 0 Å². The largest absolute Gasteiger partial charge is 0.0722 e. The van der Waals surface area contributed by atoms with Crippen molar-refractivity contribution in [2.75, 3.05) is 0 Å². The van der Waals surface area contributed by atoms with Gasteiger partial charge in [-0.15, -0.1) is 0 Å². The molecule has 0 heterocycles. The summed E-state index contributed by atoms with van der Waals surface area (Å²) >= 11 is 0. The van der Waals surface area contributed by atoms with Crippen molar-refractivity contribution in [3.05, 3.63) is 0 Å². The molecule has 6 heteroatoms. The molecule has 0 radical (unpaired) electrons. The van der Waals surface area contributed by atoms with Crippen LogP contribution < -0.4 is 0 Å². The molecule has 0 aliphatic rings. The summed E-state index contributed by atoms with van der Waals surface area (Å²) in [6.45, 7) is 7.78. The average molecular weight is 225 g/mol. The van der Waals surface area contributed by atoms with Crippen molar-refractivity contribution >= 4 is 51.6 Å². The third-order valence-electron chi connectivity index (χ3n) is 1.53. The zero-order chi connectivity index (χ0) is 7.33. The monoisotopic (exact) mass is 224 g/mol. The zero-order valence-electron chi connectivity index (χ0n) is 7.33. The van der Waals surface area contributed by atoms with E-state index in [0.29, 0.717) is 8.55 Å². The van der Waals surface area contributed by atoms with Gasteiger partial charge in [-0.25, -0.2) is 0 Å². The summed E-state index contributed by atoms with van der Waals surface area (Å²) in [5.41, 5.74) is 0. The second kappa shape index (κ2) is 5.02. The predicted octanol–water partition coefficient (Wildman–Crippen LogP) is -3.48. The predicted molar refractivity (Wildman–Crippen MR) is 67.5 cm³/mol. The third-order valence-corrected chi connectivity index (χ3v) is 83.5. The first-order valence-corrected chi connectivity index (χ1v) is 27.5. The molecular formula is C3H20Si6. The Hall–Kier alpha value is 1.30. The van der Waals surface area contributed by atoms with Crippen LogP contribution in [0.3, 0.4) is 0 Å². The van der Waals surface area contributed by atoms with Gasteiger partial charge in [-0.2, -0.15) is 0 Å². The van der Waals surface area contributed by atoms with Crippen molar-refractivity contribution in [2.45, 2.75) is 19.6 Å². The quantitative estimate of drug-likeness (QED) is 0.344. The fourth-order valence-electron chi connectivity index (χ4n) is 0.905. The number of hydrogen-bond donors (Lipinski definition) is 0. The fraction of sp³-hybridized carbons (Fsp3) is 1.00. The molecule has 0 fully saturated rings. The first kappa shape index (κ1) is 10.3. The van der Waals surface area contributed by atoms with Gasteiger partial charge in [0.2, 0.25) is 0 Å². The lowest BCUT2D eigenvalue weighted by Gasteiger charge is -2.13. The maximum Gasteiger partial charge on any atom is 0.0276 e. The molecule has 0 spiro atoms. The first-order chi connectivity index (χ1) is 4.06. The SMILES string of the molecule is C[Si](C)(C)[SiH2][SiH2][SiH2][SiH2][SiH3]. The molecule has 0 aromatic heterocycles. The Bertz CT molecular complexity index is 65.2. The van der Waals surface area contributed by atoms with Gasteiger partial charge in [0.1, 0.15) is 0 Å². The van der Waals surface area contributed by atoms with Gasteiger partial charge >= 0.3 is 0 Å². The van der Waals surface area contributed by atoms with Crippen molar-refractivity contribution in [3.8, 4) is 0 Å². The lowest BCUT2D eigenvalue weighted by atomic mass is 11.8. The van der Waals surface area contributed by atoms with Crippen LogP contribution in [0, 0.1) is 0 Å². The Morgan fingerprint density at radius 1 is 1.11 bits per heavy atom. The molecule has 0 saturated carbocycles. The van der Waals surface area contributed by atoms with Gasteiger partial charge in [0, 0.05) is 16.1 Å². The van der Waals surface area contributed by atoms with E-state index < -0.39 is 7.59 Å². The van der Waals surface area contributed by atoms with Crippen molar-refractivity contribution in [1.82, 2.24) is 0 Å². The molecule has 0 aliphatic carbocycles. The Morgan fingerprint density at radius 2 is 1.67 bits per heavy atom. The van der Waals surface area contributed by atoms with Gasteiger partial charge in [-0.05, 0) is 35.4 Å². The van der Waals surface area contributed by atoms with Crippen LogP contribution in [0.15, 0.2) is 0 Å². The summed E-state index contributed by atoms with van der Waals surface area (Å²) in [5, 5.41) is 0. The highest BCUT2D eigenvalue weighted by Gasteiger charge is 2.11. The molecule has 0 bridgehead atoms. The van der Waals surface area contributed by atoms with E-state index in [1.54, 1.807) is 9.76 Å². The van der Waals surface area contributed by atoms with Crippen LogP contribution in [0.25, 0.3) is 0 Å². The van der Waals surface area contributed by atoms with Gasteiger partial charge in [-0.3, -0.25) is 0 Å². The standard InChI is InChI=1S/C3H20Si6/c1-9(2,3)8-7-6-5-4/h5-8H2,1-4H3. The molecule has 9 heavy (non-hydrogen) atoms. The highest BCUT2D eigenvalue weighted by molar-refractivity contribution is 7.61. The maximum atomic E-state index is 2.59. The number of hydrogen-bond acceptors (Lipinski definition) is 0. The Kier molecular flexibility index (Phi) is 5.74. The van der Waals surface area contributed by atoms with Crippen LogP contribution in [0.1, 0.15) is 0 Å². The second-order valence-electron chi connectivity index (χ2n) is 4.02. The van der Waals surface area contributed by atoms with Gasteiger partial charge in [0.05, 0.1) is 0 Å². The summed E-state index contributed by atoms with van der Waals surface area (Å²) in [6.07, 6.45) is 0. The Labute approximate surface area is 71.3 Å². The van der Waals surface area contributed by atoms with Crippen LogP contribution in [-0.2, 0) is 0 Å². The molecule has 0 unspecified atom stereocenters. The van der Waals surface area contributed by atoms with E-state index in [1.165, 1.54) is 0 Å². The molecule has 0 N–H and O–H groups in total. The van der Waals surface area contributed by atoms with Gasteiger partial charge in [0.25, 0.3) is 0 Å². The van der Waals surface area contributed by atoms with Crippen LogP contribution in [0.5, 0.6) is 0 Å². The molecule has 0 aromatic rings. The maximum absolute atomic E-state index is 2.59. The molecule has 0 amide bonds. The van der Waals surface area contributed by atoms with Crippen molar-refractivity contribution in [2.24, 2.45) is 0 Å². The normalized spacial score (nSPS) is 17.7. The van der Waals surface area contributed by atoms with Gasteiger partial charge in [0.15, 0.2) is 0 Å². The minimum Gasteiger partial charge on any atom is -0.0722 e. The fourth-order valence-corrected chi connectivity index (χ4v) is 134. The molecule has 0 rings (SSSR count). The van der Waals surface area contributed by atoms with Crippen molar-refractivity contribution < 1.29 is 0 Å².